The van der Waals surface area contributed by atoms with Crippen LogP contribution < -0.4 is 11.2 Å². The van der Waals surface area contributed by atoms with E-state index in [1.165, 1.54) is 6.42 Å². The van der Waals surface area contributed by atoms with E-state index in [1.807, 2.05) is 13.8 Å². The van der Waals surface area contributed by atoms with Crippen LogP contribution in [0.25, 0.3) is 0 Å². The molecule has 1 fully saturated rings. The molecule has 106 valence electrons. The fourth-order valence-corrected chi connectivity index (χ4v) is 2.83. The summed E-state index contributed by atoms with van der Waals surface area (Å²) in [6.07, 6.45) is 5.14. The summed E-state index contributed by atoms with van der Waals surface area (Å²) in [6.45, 7) is 8.86. The predicted octanol–water partition coefficient (Wildman–Crippen LogP) is 2.05. The molecule has 1 saturated heterocycles. The average molecular weight is 255 g/mol. The lowest BCUT2D eigenvalue weighted by Crippen LogP contribution is -2.58. The molecule has 0 aromatic heterocycles. The molecular weight excluding hydrogens is 226 g/mol. The van der Waals surface area contributed by atoms with E-state index in [-0.39, 0.29) is 5.91 Å². The standard InChI is InChI=1S/C14H29N3O/c1-5-14(6-2,10-15)13(18)16-17-11(3)8-7-9-12(17)4/h11-12H,5-10,15H2,1-4H3,(H,16,18). The zero-order chi connectivity index (χ0) is 13.8. The largest absolute Gasteiger partial charge is 0.329 e. The van der Waals surface area contributed by atoms with Crippen LogP contribution in [0.5, 0.6) is 0 Å². The van der Waals surface area contributed by atoms with Crippen LogP contribution in [-0.2, 0) is 4.79 Å². The normalized spacial score (nSPS) is 26.1. The van der Waals surface area contributed by atoms with Crippen LogP contribution in [0.15, 0.2) is 0 Å². The smallest absolute Gasteiger partial charge is 0.241 e. The van der Waals surface area contributed by atoms with Crippen molar-refractivity contribution >= 4 is 5.91 Å². The number of nitrogens with two attached hydrogens (primary N) is 1. The number of amides is 1. The highest BCUT2D eigenvalue weighted by Crippen LogP contribution is 2.27. The number of carbonyl (C=O) groups is 1. The van der Waals surface area contributed by atoms with Crippen LogP contribution in [0.3, 0.4) is 0 Å². The number of hydrogen-bond acceptors (Lipinski definition) is 3. The summed E-state index contributed by atoms with van der Waals surface area (Å²) >= 11 is 0. The van der Waals surface area contributed by atoms with E-state index < -0.39 is 5.41 Å². The third kappa shape index (κ3) is 3.04. The quantitative estimate of drug-likeness (QED) is 0.790. The minimum Gasteiger partial charge on any atom is -0.329 e. The van der Waals surface area contributed by atoms with Crippen molar-refractivity contribution in [1.82, 2.24) is 10.4 Å². The SMILES string of the molecule is CCC(CC)(CN)C(=O)NN1C(C)CCCC1C. The van der Waals surface area contributed by atoms with E-state index in [0.29, 0.717) is 18.6 Å². The summed E-state index contributed by atoms with van der Waals surface area (Å²) in [5.41, 5.74) is 8.55. The van der Waals surface area contributed by atoms with Gasteiger partial charge in [0.15, 0.2) is 0 Å². The Morgan fingerprint density at radius 2 is 1.78 bits per heavy atom. The van der Waals surface area contributed by atoms with Crippen LogP contribution in [0.4, 0.5) is 0 Å². The van der Waals surface area contributed by atoms with Crippen LogP contribution in [0, 0.1) is 5.41 Å². The van der Waals surface area contributed by atoms with Gasteiger partial charge in [-0.25, -0.2) is 5.01 Å². The van der Waals surface area contributed by atoms with Crippen molar-refractivity contribution in [1.29, 1.82) is 0 Å². The maximum Gasteiger partial charge on any atom is 0.241 e. The first kappa shape index (κ1) is 15.4. The molecule has 0 aliphatic carbocycles. The minimum atomic E-state index is -0.406. The first-order valence-corrected chi connectivity index (χ1v) is 7.30. The van der Waals surface area contributed by atoms with Crippen molar-refractivity contribution in [2.45, 2.75) is 71.9 Å². The maximum atomic E-state index is 12.5. The second-order valence-corrected chi connectivity index (χ2v) is 5.67. The van der Waals surface area contributed by atoms with E-state index in [0.717, 1.165) is 25.7 Å². The van der Waals surface area contributed by atoms with Crippen LogP contribution in [0.1, 0.15) is 59.8 Å². The minimum absolute atomic E-state index is 0.0931. The van der Waals surface area contributed by atoms with Gasteiger partial charge >= 0.3 is 0 Å². The monoisotopic (exact) mass is 255 g/mol. The van der Waals surface area contributed by atoms with Crippen molar-refractivity contribution in [2.75, 3.05) is 6.54 Å². The summed E-state index contributed by atoms with van der Waals surface area (Å²) in [6, 6.07) is 0.837. The third-order valence-electron chi connectivity index (χ3n) is 4.65. The van der Waals surface area contributed by atoms with Crippen LogP contribution >= 0.6 is 0 Å². The Balaban J connectivity index is 2.73. The fraction of sp³-hybridized carbons (Fsp3) is 0.929. The zero-order valence-corrected chi connectivity index (χ0v) is 12.3. The first-order chi connectivity index (χ1) is 8.50. The van der Waals surface area contributed by atoms with Gasteiger partial charge in [-0.1, -0.05) is 20.3 Å². The lowest BCUT2D eigenvalue weighted by atomic mass is 9.81. The Hall–Kier alpha value is -0.610. The van der Waals surface area contributed by atoms with Gasteiger partial charge in [0.1, 0.15) is 0 Å². The van der Waals surface area contributed by atoms with Crippen molar-refractivity contribution in [3.05, 3.63) is 0 Å². The molecule has 0 bridgehead atoms. The van der Waals surface area contributed by atoms with Gasteiger partial charge in [-0.3, -0.25) is 10.2 Å². The Bertz CT molecular complexity index is 258. The van der Waals surface area contributed by atoms with Crippen molar-refractivity contribution < 1.29 is 4.79 Å². The van der Waals surface area contributed by atoms with Gasteiger partial charge in [0.2, 0.25) is 5.91 Å². The molecular formula is C14H29N3O. The van der Waals surface area contributed by atoms with Gasteiger partial charge in [-0.15, -0.1) is 0 Å². The highest BCUT2D eigenvalue weighted by molar-refractivity contribution is 5.82. The van der Waals surface area contributed by atoms with E-state index in [1.54, 1.807) is 0 Å². The topological polar surface area (TPSA) is 58.4 Å². The predicted molar refractivity (Wildman–Crippen MR) is 74.8 cm³/mol. The first-order valence-electron chi connectivity index (χ1n) is 7.30. The Morgan fingerprint density at radius 3 is 2.17 bits per heavy atom. The highest BCUT2D eigenvalue weighted by atomic mass is 16.2. The number of nitrogens with zero attached hydrogens (tertiary/aromatic N) is 1. The Kier molecular flexibility index (Phi) is 5.60. The zero-order valence-electron chi connectivity index (χ0n) is 12.3. The van der Waals surface area contributed by atoms with Gasteiger partial charge in [0.25, 0.3) is 0 Å². The summed E-state index contributed by atoms with van der Waals surface area (Å²) in [4.78, 5) is 12.5. The molecule has 1 rings (SSSR count). The highest BCUT2D eigenvalue weighted by Gasteiger charge is 2.36. The van der Waals surface area contributed by atoms with E-state index >= 15 is 0 Å². The second-order valence-electron chi connectivity index (χ2n) is 5.67. The summed E-state index contributed by atoms with van der Waals surface area (Å²) in [7, 11) is 0. The molecule has 1 aliphatic heterocycles. The molecule has 0 saturated carbocycles. The number of hydrogen-bond donors (Lipinski definition) is 2. The van der Waals surface area contributed by atoms with Crippen LogP contribution in [-0.4, -0.2) is 29.5 Å². The third-order valence-corrected chi connectivity index (χ3v) is 4.65. The number of rotatable bonds is 5. The van der Waals surface area contributed by atoms with Gasteiger partial charge < -0.3 is 5.73 Å². The van der Waals surface area contributed by atoms with Crippen molar-refractivity contribution in [3.8, 4) is 0 Å². The van der Waals surface area contributed by atoms with Crippen molar-refractivity contribution in [3.63, 3.8) is 0 Å². The molecule has 2 unspecified atom stereocenters. The summed E-state index contributed by atoms with van der Waals surface area (Å²) in [5, 5.41) is 2.13. The van der Waals surface area contributed by atoms with E-state index in [9.17, 15) is 4.79 Å². The van der Waals surface area contributed by atoms with E-state index in [4.69, 9.17) is 5.73 Å². The van der Waals surface area contributed by atoms with Gasteiger partial charge in [0, 0.05) is 18.6 Å². The molecule has 18 heavy (non-hydrogen) atoms. The molecule has 3 N–H and O–H groups in total. The number of piperidine rings is 1. The molecule has 4 nitrogen and oxygen atoms in total. The molecule has 1 heterocycles. The molecule has 0 aromatic rings. The van der Waals surface area contributed by atoms with Crippen molar-refractivity contribution in [2.24, 2.45) is 11.1 Å². The van der Waals surface area contributed by atoms with Crippen LogP contribution in [0.2, 0.25) is 0 Å². The molecule has 1 aliphatic rings. The second kappa shape index (κ2) is 6.53. The molecule has 2 atom stereocenters. The Labute approximate surface area is 111 Å². The summed E-state index contributed by atoms with van der Waals surface area (Å²) < 4.78 is 0. The summed E-state index contributed by atoms with van der Waals surface area (Å²) in [5.74, 6) is 0.0931. The molecule has 4 heteroatoms. The lowest BCUT2D eigenvalue weighted by Gasteiger charge is -2.41. The van der Waals surface area contributed by atoms with Gasteiger partial charge in [-0.05, 0) is 39.5 Å². The maximum absolute atomic E-state index is 12.5. The van der Waals surface area contributed by atoms with Gasteiger partial charge in [-0.2, -0.15) is 0 Å². The van der Waals surface area contributed by atoms with E-state index in [2.05, 4.69) is 24.3 Å². The Morgan fingerprint density at radius 1 is 1.28 bits per heavy atom. The lowest BCUT2D eigenvalue weighted by molar-refractivity contribution is -0.139. The average Bonchev–Trinajstić information content (AvgIpc) is 2.37. The number of nitrogens with one attached hydrogen (secondary N) is 1. The molecule has 0 spiro atoms. The number of carbonyl (C=O) groups excluding carboxylic acids is 1. The molecule has 1 amide bonds. The fourth-order valence-electron chi connectivity index (χ4n) is 2.83. The van der Waals surface area contributed by atoms with Gasteiger partial charge in [0.05, 0.1) is 5.41 Å². The molecule has 0 radical (unpaired) electrons. The molecule has 0 aromatic carbocycles. The number of hydrazine groups is 1.